The summed E-state index contributed by atoms with van der Waals surface area (Å²) in [6.45, 7) is 12.1. The van der Waals surface area contributed by atoms with E-state index in [4.69, 9.17) is 4.74 Å². The molecule has 2 atom stereocenters. The standard InChI is InChI=1S/C12H27NO/c1-7-11(3)13-9-10(2)8-12(4,5)14-6/h10-11,13H,7-9H2,1-6H3. The maximum Gasteiger partial charge on any atom is 0.0625 e. The number of rotatable bonds is 7. The highest BCUT2D eigenvalue weighted by Gasteiger charge is 2.19. The predicted molar refractivity (Wildman–Crippen MR) is 62.6 cm³/mol. The summed E-state index contributed by atoms with van der Waals surface area (Å²) in [6, 6.07) is 0.628. The minimum Gasteiger partial charge on any atom is -0.379 e. The van der Waals surface area contributed by atoms with Crippen LogP contribution in [0.25, 0.3) is 0 Å². The molecule has 0 aromatic rings. The van der Waals surface area contributed by atoms with E-state index in [0.29, 0.717) is 12.0 Å². The van der Waals surface area contributed by atoms with Gasteiger partial charge in [-0.15, -0.1) is 0 Å². The summed E-state index contributed by atoms with van der Waals surface area (Å²) in [5, 5.41) is 3.52. The first kappa shape index (κ1) is 13.9. The molecule has 0 aliphatic heterocycles. The van der Waals surface area contributed by atoms with E-state index in [-0.39, 0.29) is 5.60 Å². The third-order valence-corrected chi connectivity index (χ3v) is 2.82. The largest absolute Gasteiger partial charge is 0.379 e. The number of hydrogen-bond donors (Lipinski definition) is 1. The van der Waals surface area contributed by atoms with E-state index in [2.05, 4.69) is 39.9 Å². The zero-order valence-electron chi connectivity index (χ0n) is 10.7. The van der Waals surface area contributed by atoms with Crippen molar-refractivity contribution in [1.29, 1.82) is 0 Å². The molecule has 0 heterocycles. The average Bonchev–Trinajstić information content (AvgIpc) is 2.13. The Bertz CT molecular complexity index is 145. The first-order chi connectivity index (χ1) is 6.41. The van der Waals surface area contributed by atoms with Crippen LogP contribution < -0.4 is 5.32 Å². The van der Waals surface area contributed by atoms with E-state index in [9.17, 15) is 0 Å². The molecule has 0 aromatic heterocycles. The average molecular weight is 201 g/mol. The van der Waals surface area contributed by atoms with Crippen LogP contribution in [0.5, 0.6) is 0 Å². The Morgan fingerprint density at radius 2 is 1.86 bits per heavy atom. The lowest BCUT2D eigenvalue weighted by atomic mass is 9.94. The van der Waals surface area contributed by atoms with Gasteiger partial charge in [-0.3, -0.25) is 0 Å². The van der Waals surface area contributed by atoms with Crippen molar-refractivity contribution in [3.63, 3.8) is 0 Å². The van der Waals surface area contributed by atoms with Crippen LogP contribution in [0.3, 0.4) is 0 Å². The van der Waals surface area contributed by atoms with E-state index < -0.39 is 0 Å². The topological polar surface area (TPSA) is 21.3 Å². The van der Waals surface area contributed by atoms with Crippen molar-refractivity contribution in [2.24, 2.45) is 5.92 Å². The molecule has 0 saturated carbocycles. The van der Waals surface area contributed by atoms with Crippen LogP contribution in [-0.4, -0.2) is 25.3 Å². The van der Waals surface area contributed by atoms with Gasteiger partial charge in [0.1, 0.15) is 0 Å². The highest BCUT2D eigenvalue weighted by atomic mass is 16.5. The Kier molecular flexibility index (Phi) is 6.38. The fourth-order valence-corrected chi connectivity index (χ4v) is 1.54. The van der Waals surface area contributed by atoms with Gasteiger partial charge in [-0.05, 0) is 46.1 Å². The lowest BCUT2D eigenvalue weighted by Gasteiger charge is -2.27. The molecular weight excluding hydrogens is 174 g/mol. The second kappa shape index (κ2) is 6.41. The van der Waals surface area contributed by atoms with Gasteiger partial charge in [0.05, 0.1) is 5.60 Å². The summed E-state index contributed by atoms with van der Waals surface area (Å²) in [5.41, 5.74) is 0.0105. The Balaban J connectivity index is 3.70. The summed E-state index contributed by atoms with van der Waals surface area (Å²) in [6.07, 6.45) is 2.30. The van der Waals surface area contributed by atoms with Crippen LogP contribution in [0.1, 0.15) is 47.5 Å². The molecule has 2 heteroatoms. The Morgan fingerprint density at radius 3 is 2.29 bits per heavy atom. The van der Waals surface area contributed by atoms with Gasteiger partial charge in [-0.1, -0.05) is 13.8 Å². The van der Waals surface area contributed by atoms with E-state index >= 15 is 0 Å². The lowest BCUT2D eigenvalue weighted by Crippen LogP contribution is -2.34. The molecule has 0 spiro atoms. The highest BCUT2D eigenvalue weighted by molar-refractivity contribution is 4.73. The molecule has 0 saturated heterocycles. The van der Waals surface area contributed by atoms with Gasteiger partial charge in [-0.25, -0.2) is 0 Å². The van der Waals surface area contributed by atoms with Crippen molar-refractivity contribution < 1.29 is 4.74 Å². The molecule has 0 bridgehead atoms. The minimum atomic E-state index is 0.0105. The second-order valence-electron chi connectivity index (χ2n) is 4.99. The van der Waals surface area contributed by atoms with Gasteiger partial charge >= 0.3 is 0 Å². The SMILES string of the molecule is CCC(C)NCC(C)CC(C)(C)OC. The van der Waals surface area contributed by atoms with Gasteiger partial charge < -0.3 is 10.1 Å². The van der Waals surface area contributed by atoms with E-state index in [1.165, 1.54) is 6.42 Å². The van der Waals surface area contributed by atoms with Crippen molar-refractivity contribution in [3.05, 3.63) is 0 Å². The molecule has 86 valence electrons. The van der Waals surface area contributed by atoms with Crippen LogP contribution in [0, 0.1) is 5.92 Å². The summed E-state index contributed by atoms with van der Waals surface area (Å²) >= 11 is 0. The summed E-state index contributed by atoms with van der Waals surface area (Å²) < 4.78 is 5.41. The van der Waals surface area contributed by atoms with Crippen molar-refractivity contribution in [2.45, 2.75) is 59.1 Å². The maximum atomic E-state index is 5.41. The van der Waals surface area contributed by atoms with Gasteiger partial charge in [0.25, 0.3) is 0 Å². The van der Waals surface area contributed by atoms with Crippen LogP contribution in [0.15, 0.2) is 0 Å². The van der Waals surface area contributed by atoms with Crippen LogP contribution in [-0.2, 0) is 4.74 Å². The quantitative estimate of drug-likeness (QED) is 0.684. The molecule has 0 aliphatic rings. The summed E-state index contributed by atoms with van der Waals surface area (Å²) in [7, 11) is 1.79. The molecule has 14 heavy (non-hydrogen) atoms. The Hall–Kier alpha value is -0.0800. The molecule has 2 unspecified atom stereocenters. The first-order valence-corrected chi connectivity index (χ1v) is 5.69. The third-order valence-electron chi connectivity index (χ3n) is 2.82. The Labute approximate surface area is 89.4 Å². The minimum absolute atomic E-state index is 0.0105. The maximum absolute atomic E-state index is 5.41. The van der Waals surface area contributed by atoms with E-state index in [1.54, 1.807) is 7.11 Å². The molecule has 2 nitrogen and oxygen atoms in total. The van der Waals surface area contributed by atoms with Crippen LogP contribution in [0.4, 0.5) is 0 Å². The normalized spacial score (nSPS) is 16.7. The monoisotopic (exact) mass is 201 g/mol. The first-order valence-electron chi connectivity index (χ1n) is 5.69. The molecule has 0 rings (SSSR count). The molecular formula is C12H27NO. The number of ether oxygens (including phenoxy) is 1. The van der Waals surface area contributed by atoms with E-state index in [0.717, 1.165) is 13.0 Å². The van der Waals surface area contributed by atoms with Crippen molar-refractivity contribution in [3.8, 4) is 0 Å². The smallest absolute Gasteiger partial charge is 0.0625 e. The second-order valence-corrected chi connectivity index (χ2v) is 4.99. The Morgan fingerprint density at radius 1 is 1.29 bits per heavy atom. The number of hydrogen-bond acceptors (Lipinski definition) is 2. The van der Waals surface area contributed by atoms with Crippen LogP contribution in [0.2, 0.25) is 0 Å². The van der Waals surface area contributed by atoms with Gasteiger partial charge in [-0.2, -0.15) is 0 Å². The fraction of sp³-hybridized carbons (Fsp3) is 1.00. The molecule has 0 fully saturated rings. The van der Waals surface area contributed by atoms with Crippen molar-refractivity contribution in [2.75, 3.05) is 13.7 Å². The summed E-state index contributed by atoms with van der Waals surface area (Å²) in [5.74, 6) is 0.666. The van der Waals surface area contributed by atoms with Crippen molar-refractivity contribution in [1.82, 2.24) is 5.32 Å². The zero-order chi connectivity index (χ0) is 11.2. The van der Waals surface area contributed by atoms with Crippen molar-refractivity contribution >= 4 is 0 Å². The molecule has 0 radical (unpaired) electrons. The van der Waals surface area contributed by atoms with Gasteiger partial charge in [0, 0.05) is 13.2 Å². The molecule has 0 amide bonds. The molecule has 1 N–H and O–H groups in total. The fourth-order valence-electron chi connectivity index (χ4n) is 1.54. The summed E-state index contributed by atoms with van der Waals surface area (Å²) in [4.78, 5) is 0. The third kappa shape index (κ3) is 6.39. The van der Waals surface area contributed by atoms with Gasteiger partial charge in [0.2, 0.25) is 0 Å². The molecule has 0 aliphatic carbocycles. The zero-order valence-corrected chi connectivity index (χ0v) is 10.7. The predicted octanol–water partition coefficient (Wildman–Crippen LogP) is 2.83. The number of methoxy groups -OCH3 is 1. The van der Waals surface area contributed by atoms with Gasteiger partial charge in [0.15, 0.2) is 0 Å². The highest BCUT2D eigenvalue weighted by Crippen LogP contribution is 2.18. The molecule has 0 aromatic carbocycles. The lowest BCUT2D eigenvalue weighted by molar-refractivity contribution is 0.00374. The van der Waals surface area contributed by atoms with E-state index in [1.807, 2.05) is 0 Å². The number of nitrogens with one attached hydrogen (secondary N) is 1. The van der Waals surface area contributed by atoms with Crippen LogP contribution >= 0.6 is 0 Å².